The predicted octanol–water partition coefficient (Wildman–Crippen LogP) is 2.40. The molecule has 1 atom stereocenters. The van der Waals surface area contributed by atoms with E-state index < -0.39 is 0 Å². The first kappa shape index (κ1) is 12.1. The van der Waals surface area contributed by atoms with Crippen LogP contribution in [0.1, 0.15) is 23.7 Å². The molecule has 2 N–H and O–H groups in total. The van der Waals surface area contributed by atoms with Crippen molar-refractivity contribution >= 4 is 27.3 Å². The molecule has 0 fully saturated rings. The van der Waals surface area contributed by atoms with Gasteiger partial charge < -0.3 is 10.4 Å². The van der Waals surface area contributed by atoms with Crippen molar-refractivity contribution in [2.24, 2.45) is 0 Å². The van der Waals surface area contributed by atoms with Gasteiger partial charge in [-0.1, -0.05) is 25.1 Å². The zero-order valence-electron chi connectivity index (χ0n) is 9.64. The van der Waals surface area contributed by atoms with E-state index in [9.17, 15) is 4.79 Å². The highest BCUT2D eigenvalue weighted by molar-refractivity contribution is 7.17. The van der Waals surface area contributed by atoms with Crippen molar-refractivity contribution in [1.82, 2.24) is 5.32 Å². The summed E-state index contributed by atoms with van der Waals surface area (Å²) < 4.78 is 1.11. The lowest BCUT2D eigenvalue weighted by Gasteiger charge is -2.13. The molecule has 4 heteroatoms. The third-order valence-electron chi connectivity index (χ3n) is 2.77. The number of aliphatic hydroxyl groups is 1. The van der Waals surface area contributed by atoms with Crippen molar-refractivity contribution in [3.05, 3.63) is 35.2 Å². The first-order valence-electron chi connectivity index (χ1n) is 5.64. The fraction of sp³-hybridized carbons (Fsp3) is 0.308. The first-order chi connectivity index (χ1) is 8.26. The van der Waals surface area contributed by atoms with Crippen LogP contribution >= 0.6 is 11.3 Å². The van der Waals surface area contributed by atoms with E-state index in [0.29, 0.717) is 5.56 Å². The Hall–Kier alpha value is -1.39. The maximum absolute atomic E-state index is 12.0. The van der Waals surface area contributed by atoms with Crippen LogP contribution in [0.4, 0.5) is 0 Å². The number of thiophene rings is 1. The van der Waals surface area contributed by atoms with Gasteiger partial charge in [0.15, 0.2) is 0 Å². The summed E-state index contributed by atoms with van der Waals surface area (Å²) >= 11 is 1.56. The third-order valence-corrected chi connectivity index (χ3v) is 3.74. The third kappa shape index (κ3) is 2.48. The monoisotopic (exact) mass is 249 g/mol. The molecule has 0 spiro atoms. The van der Waals surface area contributed by atoms with E-state index in [2.05, 4.69) is 5.32 Å². The highest BCUT2D eigenvalue weighted by Gasteiger charge is 2.14. The molecular formula is C13H15NO2S. The van der Waals surface area contributed by atoms with Crippen LogP contribution in [0.25, 0.3) is 10.1 Å². The minimum atomic E-state index is -0.166. The molecule has 0 radical (unpaired) electrons. The summed E-state index contributed by atoms with van der Waals surface area (Å²) in [6.07, 6.45) is 0.726. The second-order valence-corrected chi connectivity index (χ2v) is 4.82. The number of carbonyl (C=O) groups excluding carboxylic acids is 1. The molecule has 0 aliphatic heterocycles. The summed E-state index contributed by atoms with van der Waals surface area (Å²) in [4.78, 5) is 12.0. The Kier molecular flexibility index (Phi) is 3.76. The number of rotatable bonds is 4. The predicted molar refractivity (Wildman–Crippen MR) is 70.5 cm³/mol. The largest absolute Gasteiger partial charge is 0.394 e. The van der Waals surface area contributed by atoms with Gasteiger partial charge in [-0.3, -0.25) is 4.79 Å². The quantitative estimate of drug-likeness (QED) is 0.874. The second kappa shape index (κ2) is 5.29. The number of hydrogen-bond donors (Lipinski definition) is 2. The highest BCUT2D eigenvalue weighted by atomic mass is 32.1. The van der Waals surface area contributed by atoms with Crippen LogP contribution in [0.2, 0.25) is 0 Å². The van der Waals surface area contributed by atoms with Gasteiger partial charge in [-0.15, -0.1) is 11.3 Å². The van der Waals surface area contributed by atoms with Gasteiger partial charge in [0.1, 0.15) is 0 Å². The van der Waals surface area contributed by atoms with E-state index in [-0.39, 0.29) is 18.6 Å². The normalized spacial score (nSPS) is 12.6. The van der Waals surface area contributed by atoms with Crippen LogP contribution in [-0.2, 0) is 0 Å². The molecule has 0 bridgehead atoms. The van der Waals surface area contributed by atoms with Gasteiger partial charge in [0, 0.05) is 15.5 Å². The van der Waals surface area contributed by atoms with Crippen LogP contribution in [0, 0.1) is 0 Å². The smallest absolute Gasteiger partial charge is 0.253 e. The number of fused-ring (bicyclic) bond motifs is 1. The molecule has 2 aromatic rings. The molecule has 2 rings (SSSR count). The Labute approximate surface area is 104 Å². The lowest BCUT2D eigenvalue weighted by molar-refractivity contribution is 0.0917. The number of carbonyl (C=O) groups is 1. The molecular weight excluding hydrogens is 234 g/mol. The highest BCUT2D eigenvalue weighted by Crippen LogP contribution is 2.25. The molecule has 1 aromatic carbocycles. The second-order valence-electron chi connectivity index (χ2n) is 3.91. The Bertz CT molecular complexity index is 517. The summed E-state index contributed by atoms with van der Waals surface area (Å²) in [6.45, 7) is 1.91. The molecule has 1 amide bonds. The van der Waals surface area contributed by atoms with Gasteiger partial charge in [-0.05, 0) is 12.5 Å². The average molecular weight is 249 g/mol. The molecule has 0 aliphatic carbocycles. The van der Waals surface area contributed by atoms with Crippen molar-refractivity contribution in [2.75, 3.05) is 6.61 Å². The lowest BCUT2D eigenvalue weighted by Crippen LogP contribution is -2.36. The zero-order chi connectivity index (χ0) is 12.3. The molecule has 90 valence electrons. The Morgan fingerprint density at radius 3 is 2.94 bits per heavy atom. The lowest BCUT2D eigenvalue weighted by atomic mass is 10.1. The molecule has 3 nitrogen and oxygen atoms in total. The Morgan fingerprint density at radius 2 is 2.24 bits per heavy atom. The van der Waals surface area contributed by atoms with E-state index >= 15 is 0 Å². The van der Waals surface area contributed by atoms with Crippen molar-refractivity contribution in [1.29, 1.82) is 0 Å². The zero-order valence-corrected chi connectivity index (χ0v) is 10.5. The number of benzene rings is 1. The molecule has 17 heavy (non-hydrogen) atoms. The van der Waals surface area contributed by atoms with E-state index in [1.54, 1.807) is 11.3 Å². The van der Waals surface area contributed by atoms with Gasteiger partial charge in [0.05, 0.1) is 18.2 Å². The van der Waals surface area contributed by atoms with Crippen LogP contribution < -0.4 is 5.32 Å². The van der Waals surface area contributed by atoms with E-state index in [0.717, 1.165) is 16.5 Å². The fourth-order valence-electron chi connectivity index (χ4n) is 1.69. The van der Waals surface area contributed by atoms with E-state index in [4.69, 9.17) is 5.11 Å². The van der Waals surface area contributed by atoms with Gasteiger partial charge in [0.25, 0.3) is 5.91 Å². The number of nitrogens with one attached hydrogen (secondary N) is 1. The summed E-state index contributed by atoms with van der Waals surface area (Å²) in [6, 6.07) is 7.67. The average Bonchev–Trinajstić information content (AvgIpc) is 2.79. The summed E-state index contributed by atoms with van der Waals surface area (Å²) in [7, 11) is 0. The topological polar surface area (TPSA) is 49.3 Å². The van der Waals surface area contributed by atoms with Crippen LogP contribution in [-0.4, -0.2) is 23.7 Å². The molecule has 0 aliphatic rings. The van der Waals surface area contributed by atoms with E-state index in [1.165, 1.54) is 0 Å². The van der Waals surface area contributed by atoms with Crippen LogP contribution in [0.3, 0.4) is 0 Å². The maximum Gasteiger partial charge on any atom is 0.253 e. The maximum atomic E-state index is 12.0. The van der Waals surface area contributed by atoms with Gasteiger partial charge in [0.2, 0.25) is 0 Å². The number of amides is 1. The molecule has 1 aromatic heterocycles. The van der Waals surface area contributed by atoms with E-state index in [1.807, 2.05) is 36.6 Å². The minimum Gasteiger partial charge on any atom is -0.394 e. The van der Waals surface area contributed by atoms with Gasteiger partial charge >= 0.3 is 0 Å². The number of aliphatic hydroxyl groups excluding tert-OH is 1. The summed E-state index contributed by atoms with van der Waals surface area (Å²) in [5, 5.41) is 14.7. The molecule has 1 unspecified atom stereocenters. The number of hydrogen-bond acceptors (Lipinski definition) is 3. The van der Waals surface area contributed by atoms with Crippen LogP contribution in [0.15, 0.2) is 29.6 Å². The minimum absolute atomic E-state index is 0.0235. The van der Waals surface area contributed by atoms with Crippen molar-refractivity contribution in [2.45, 2.75) is 19.4 Å². The van der Waals surface area contributed by atoms with Crippen molar-refractivity contribution < 1.29 is 9.90 Å². The van der Waals surface area contributed by atoms with Crippen molar-refractivity contribution in [3.63, 3.8) is 0 Å². The van der Waals surface area contributed by atoms with Crippen molar-refractivity contribution in [3.8, 4) is 0 Å². The molecule has 0 saturated carbocycles. The fourth-order valence-corrected chi connectivity index (χ4v) is 2.63. The first-order valence-corrected chi connectivity index (χ1v) is 6.52. The summed E-state index contributed by atoms with van der Waals surface area (Å²) in [5.41, 5.74) is 0.692. The summed E-state index contributed by atoms with van der Waals surface area (Å²) in [5.74, 6) is -0.108. The van der Waals surface area contributed by atoms with Gasteiger partial charge in [-0.2, -0.15) is 0 Å². The van der Waals surface area contributed by atoms with Gasteiger partial charge in [-0.25, -0.2) is 0 Å². The Morgan fingerprint density at radius 1 is 1.47 bits per heavy atom. The SMILES string of the molecule is CCC(CO)NC(=O)c1csc2ccccc12. The standard InChI is InChI=1S/C13H15NO2S/c1-2-9(7-15)14-13(16)11-8-17-12-6-4-3-5-10(11)12/h3-6,8-9,15H,2,7H2,1H3,(H,14,16). The Balaban J connectivity index is 2.25. The van der Waals surface area contributed by atoms with Crippen LogP contribution in [0.5, 0.6) is 0 Å². The molecule has 1 heterocycles. The molecule has 0 saturated heterocycles.